The van der Waals surface area contributed by atoms with Gasteiger partial charge in [0.15, 0.2) is 0 Å². The number of aryl methyl sites for hydroxylation is 1. The molecule has 0 saturated heterocycles. The second-order valence-corrected chi connectivity index (χ2v) is 4.90. The van der Waals surface area contributed by atoms with Crippen molar-refractivity contribution in [3.05, 3.63) is 59.7 Å². The monoisotopic (exact) mass is 296 g/mol. The van der Waals surface area contributed by atoms with Gasteiger partial charge in [-0.25, -0.2) is 0 Å². The summed E-state index contributed by atoms with van der Waals surface area (Å²) in [6, 6.07) is 13.0. The summed E-state index contributed by atoms with van der Waals surface area (Å²) < 4.78 is 5.35. The number of nitrogens with two attached hydrogens (primary N) is 1. The lowest BCUT2D eigenvalue weighted by Crippen LogP contribution is -2.07. The molecule has 0 aliphatic rings. The Morgan fingerprint density at radius 3 is 2.59 bits per heavy atom. The van der Waals surface area contributed by atoms with Crippen molar-refractivity contribution in [3.8, 4) is 5.75 Å². The van der Waals surface area contributed by atoms with Gasteiger partial charge in [0.2, 0.25) is 5.91 Å². The molecule has 2 aromatic carbocycles. The van der Waals surface area contributed by atoms with Crippen molar-refractivity contribution in [2.75, 3.05) is 17.7 Å². The van der Waals surface area contributed by atoms with E-state index >= 15 is 0 Å². The van der Waals surface area contributed by atoms with Crippen molar-refractivity contribution in [2.24, 2.45) is 0 Å². The molecule has 22 heavy (non-hydrogen) atoms. The van der Waals surface area contributed by atoms with Crippen LogP contribution in [0.15, 0.2) is 48.5 Å². The summed E-state index contributed by atoms with van der Waals surface area (Å²) in [5.74, 6) is 0.592. The quantitative estimate of drug-likeness (QED) is 0.654. The van der Waals surface area contributed by atoms with Crippen LogP contribution in [-0.4, -0.2) is 12.5 Å². The summed E-state index contributed by atoms with van der Waals surface area (Å²) in [5.41, 5.74) is 9.20. The van der Waals surface area contributed by atoms with E-state index in [4.69, 9.17) is 10.5 Å². The summed E-state index contributed by atoms with van der Waals surface area (Å²) in [6.45, 7) is 4.49. The van der Waals surface area contributed by atoms with Gasteiger partial charge in [0.05, 0.1) is 6.61 Å². The fraction of sp³-hybridized carbons (Fsp3) is 0.167. The molecule has 0 aliphatic heterocycles. The summed E-state index contributed by atoms with van der Waals surface area (Å²) >= 11 is 0. The molecular weight excluding hydrogens is 276 g/mol. The highest BCUT2D eigenvalue weighted by atomic mass is 16.5. The molecule has 3 N–H and O–H groups in total. The zero-order chi connectivity index (χ0) is 15.9. The van der Waals surface area contributed by atoms with Crippen LogP contribution in [0.5, 0.6) is 5.75 Å². The van der Waals surface area contributed by atoms with E-state index in [-0.39, 0.29) is 5.91 Å². The lowest BCUT2D eigenvalue weighted by Gasteiger charge is -2.05. The standard InChI is InChI=1S/C18H20N2O2/c1-3-22-16-9-7-15(8-10-16)20-18(21)11-6-14-5-4-13(2)17(19)12-14/h4-12H,3,19H2,1-2H3,(H,20,21)/b11-6+. The number of anilines is 2. The first-order chi connectivity index (χ1) is 10.6. The average Bonchev–Trinajstić information content (AvgIpc) is 2.51. The Labute approximate surface area is 130 Å². The normalized spacial score (nSPS) is 10.6. The maximum atomic E-state index is 11.9. The lowest BCUT2D eigenvalue weighted by atomic mass is 10.1. The number of hydrogen-bond donors (Lipinski definition) is 2. The van der Waals surface area contributed by atoms with Gasteiger partial charge in [-0.2, -0.15) is 0 Å². The summed E-state index contributed by atoms with van der Waals surface area (Å²) in [7, 11) is 0. The first-order valence-corrected chi connectivity index (χ1v) is 7.16. The second kappa shape index (κ2) is 7.31. The molecule has 2 aromatic rings. The largest absolute Gasteiger partial charge is 0.494 e. The van der Waals surface area contributed by atoms with E-state index in [0.717, 1.165) is 22.6 Å². The molecule has 0 fully saturated rings. The minimum atomic E-state index is -0.191. The molecule has 4 heteroatoms. The van der Waals surface area contributed by atoms with Crippen molar-refractivity contribution in [2.45, 2.75) is 13.8 Å². The molecule has 0 radical (unpaired) electrons. The van der Waals surface area contributed by atoms with E-state index in [2.05, 4.69) is 5.32 Å². The van der Waals surface area contributed by atoms with Crippen LogP contribution in [-0.2, 0) is 4.79 Å². The number of rotatable bonds is 5. The number of hydrogen-bond acceptors (Lipinski definition) is 3. The molecule has 1 amide bonds. The molecule has 114 valence electrons. The van der Waals surface area contributed by atoms with Gasteiger partial charge in [-0.05, 0) is 61.4 Å². The van der Waals surface area contributed by atoms with E-state index in [1.54, 1.807) is 18.2 Å². The second-order valence-electron chi connectivity index (χ2n) is 4.90. The third kappa shape index (κ3) is 4.38. The topological polar surface area (TPSA) is 64.3 Å². The van der Waals surface area contributed by atoms with Crippen molar-refractivity contribution < 1.29 is 9.53 Å². The van der Waals surface area contributed by atoms with Crippen LogP contribution >= 0.6 is 0 Å². The number of benzene rings is 2. The fourth-order valence-corrected chi connectivity index (χ4v) is 1.92. The molecule has 2 rings (SSSR count). The zero-order valence-electron chi connectivity index (χ0n) is 12.8. The number of ether oxygens (including phenoxy) is 1. The van der Waals surface area contributed by atoms with Crippen LogP contribution in [0.3, 0.4) is 0 Å². The van der Waals surface area contributed by atoms with Gasteiger partial charge in [-0.1, -0.05) is 12.1 Å². The first-order valence-electron chi connectivity index (χ1n) is 7.16. The Balaban J connectivity index is 1.97. The molecule has 0 aliphatic carbocycles. The Morgan fingerprint density at radius 2 is 1.95 bits per heavy atom. The number of nitrogens with one attached hydrogen (secondary N) is 1. The van der Waals surface area contributed by atoms with E-state index in [1.807, 2.05) is 44.2 Å². The molecule has 4 nitrogen and oxygen atoms in total. The van der Waals surface area contributed by atoms with Crippen LogP contribution in [0.2, 0.25) is 0 Å². The maximum Gasteiger partial charge on any atom is 0.248 e. The first kappa shape index (κ1) is 15.6. The van der Waals surface area contributed by atoms with Gasteiger partial charge in [0.25, 0.3) is 0 Å². The third-order valence-corrected chi connectivity index (χ3v) is 3.16. The molecule has 0 atom stereocenters. The molecule has 0 spiro atoms. The average molecular weight is 296 g/mol. The van der Waals surface area contributed by atoms with Crippen molar-refractivity contribution in [1.82, 2.24) is 0 Å². The molecule has 0 saturated carbocycles. The Morgan fingerprint density at radius 1 is 1.23 bits per heavy atom. The molecular formula is C18H20N2O2. The molecule has 0 unspecified atom stereocenters. The molecule has 0 bridgehead atoms. The number of carbonyl (C=O) groups is 1. The van der Waals surface area contributed by atoms with Gasteiger partial charge in [-0.3, -0.25) is 4.79 Å². The predicted octanol–water partition coefficient (Wildman–Crippen LogP) is 3.63. The SMILES string of the molecule is CCOc1ccc(NC(=O)/C=C/c2ccc(C)c(N)c2)cc1. The van der Waals surface area contributed by atoms with E-state index in [0.29, 0.717) is 12.3 Å². The summed E-state index contributed by atoms with van der Waals surface area (Å²) in [6.07, 6.45) is 3.22. The van der Waals surface area contributed by atoms with Gasteiger partial charge in [0.1, 0.15) is 5.75 Å². The summed E-state index contributed by atoms with van der Waals surface area (Å²) in [4.78, 5) is 11.9. The summed E-state index contributed by atoms with van der Waals surface area (Å²) in [5, 5.41) is 2.79. The third-order valence-electron chi connectivity index (χ3n) is 3.16. The number of carbonyl (C=O) groups excluding carboxylic acids is 1. The van der Waals surface area contributed by atoms with Gasteiger partial charge < -0.3 is 15.8 Å². The minimum absolute atomic E-state index is 0.191. The van der Waals surface area contributed by atoms with E-state index in [1.165, 1.54) is 6.08 Å². The van der Waals surface area contributed by atoms with Crippen molar-refractivity contribution in [1.29, 1.82) is 0 Å². The maximum absolute atomic E-state index is 11.9. The lowest BCUT2D eigenvalue weighted by molar-refractivity contribution is -0.111. The highest BCUT2D eigenvalue weighted by Gasteiger charge is 1.99. The zero-order valence-corrected chi connectivity index (χ0v) is 12.8. The van der Waals surface area contributed by atoms with Gasteiger partial charge in [-0.15, -0.1) is 0 Å². The number of amides is 1. The highest BCUT2D eigenvalue weighted by molar-refractivity contribution is 6.02. The Kier molecular flexibility index (Phi) is 5.20. The predicted molar refractivity (Wildman–Crippen MR) is 90.9 cm³/mol. The number of nitrogen functional groups attached to an aromatic ring is 1. The Bertz CT molecular complexity index is 676. The van der Waals surface area contributed by atoms with E-state index < -0.39 is 0 Å². The fourth-order valence-electron chi connectivity index (χ4n) is 1.92. The molecule has 0 heterocycles. The van der Waals surface area contributed by atoms with E-state index in [9.17, 15) is 4.79 Å². The van der Waals surface area contributed by atoms with Crippen molar-refractivity contribution >= 4 is 23.4 Å². The van der Waals surface area contributed by atoms with Gasteiger partial charge >= 0.3 is 0 Å². The Hall–Kier alpha value is -2.75. The van der Waals surface area contributed by atoms with Crippen molar-refractivity contribution in [3.63, 3.8) is 0 Å². The minimum Gasteiger partial charge on any atom is -0.494 e. The van der Waals surface area contributed by atoms with Crippen LogP contribution < -0.4 is 15.8 Å². The van der Waals surface area contributed by atoms with Gasteiger partial charge in [0, 0.05) is 17.5 Å². The highest BCUT2D eigenvalue weighted by Crippen LogP contribution is 2.16. The van der Waals surface area contributed by atoms with Crippen LogP contribution in [0.25, 0.3) is 6.08 Å². The van der Waals surface area contributed by atoms with Crippen LogP contribution in [0.4, 0.5) is 11.4 Å². The van der Waals surface area contributed by atoms with Crippen LogP contribution in [0, 0.1) is 6.92 Å². The van der Waals surface area contributed by atoms with Crippen LogP contribution in [0.1, 0.15) is 18.1 Å². The smallest absolute Gasteiger partial charge is 0.248 e. The molecule has 0 aromatic heterocycles.